The molecule has 0 bridgehead atoms. The van der Waals surface area contributed by atoms with Crippen LogP contribution in [0.4, 0.5) is 11.4 Å². The highest BCUT2D eigenvalue weighted by Gasteiger charge is 2.37. The van der Waals surface area contributed by atoms with Gasteiger partial charge in [-0.05, 0) is 56.3 Å². The number of rotatable bonds is 6. The first-order valence-corrected chi connectivity index (χ1v) is 9.61. The Morgan fingerprint density at radius 1 is 1.03 bits per heavy atom. The molecule has 0 saturated carbocycles. The number of Topliss-reactive ketones (excluding diaryl/α,β-unsaturated/α-hetero) is 1. The number of benzene rings is 3. The molecule has 0 radical (unpaired) electrons. The van der Waals surface area contributed by atoms with E-state index in [9.17, 15) is 9.59 Å². The van der Waals surface area contributed by atoms with Crippen LogP contribution in [0.15, 0.2) is 72.8 Å². The standard InChI is InChI=1S/C24H22N2O3/c1-3-29-20-13-11-19(12-14-20)26-23(21-9-4-5-10-22(21)24(26)28)25-18-8-6-7-17(15-18)16(2)27/h4-15,23,25H,3H2,1-2H3. The molecule has 1 aliphatic rings. The first-order valence-electron chi connectivity index (χ1n) is 9.61. The van der Waals surface area contributed by atoms with Crippen LogP contribution in [0.5, 0.6) is 5.75 Å². The summed E-state index contributed by atoms with van der Waals surface area (Å²) in [5, 5.41) is 3.43. The molecule has 0 spiro atoms. The van der Waals surface area contributed by atoms with Gasteiger partial charge in [0.2, 0.25) is 0 Å². The smallest absolute Gasteiger partial charge is 0.260 e. The average Bonchev–Trinajstić information content (AvgIpc) is 3.01. The van der Waals surface area contributed by atoms with Crippen molar-refractivity contribution in [1.82, 2.24) is 0 Å². The second-order valence-electron chi connectivity index (χ2n) is 6.87. The lowest BCUT2D eigenvalue weighted by Gasteiger charge is -2.27. The van der Waals surface area contributed by atoms with Crippen LogP contribution in [0, 0.1) is 0 Å². The van der Waals surface area contributed by atoms with Crippen LogP contribution < -0.4 is 15.0 Å². The summed E-state index contributed by atoms with van der Waals surface area (Å²) in [5.41, 5.74) is 3.75. The molecule has 29 heavy (non-hydrogen) atoms. The first-order chi connectivity index (χ1) is 14.1. The predicted molar refractivity (Wildman–Crippen MR) is 114 cm³/mol. The molecule has 3 aromatic carbocycles. The Balaban J connectivity index is 1.72. The summed E-state index contributed by atoms with van der Waals surface area (Å²) in [7, 11) is 0. The van der Waals surface area contributed by atoms with Crippen molar-refractivity contribution in [2.24, 2.45) is 0 Å². The summed E-state index contributed by atoms with van der Waals surface area (Å²) in [4.78, 5) is 26.7. The second-order valence-corrected chi connectivity index (χ2v) is 6.87. The van der Waals surface area contributed by atoms with Gasteiger partial charge in [0.05, 0.1) is 6.61 Å². The number of hydrogen-bond acceptors (Lipinski definition) is 4. The lowest BCUT2D eigenvalue weighted by Crippen LogP contribution is -2.32. The molecule has 0 aromatic heterocycles. The maximum atomic E-state index is 13.2. The highest BCUT2D eigenvalue weighted by Crippen LogP contribution is 2.38. The molecular weight excluding hydrogens is 364 g/mol. The van der Waals surface area contributed by atoms with Crippen molar-refractivity contribution >= 4 is 23.1 Å². The molecule has 1 atom stereocenters. The summed E-state index contributed by atoms with van der Waals surface area (Å²) in [6.45, 7) is 4.06. The van der Waals surface area contributed by atoms with Crippen LogP contribution in [0.25, 0.3) is 0 Å². The van der Waals surface area contributed by atoms with Crippen LogP contribution in [0.2, 0.25) is 0 Å². The van der Waals surface area contributed by atoms with E-state index in [1.165, 1.54) is 0 Å². The zero-order chi connectivity index (χ0) is 20.4. The Morgan fingerprint density at radius 3 is 2.52 bits per heavy atom. The van der Waals surface area contributed by atoms with Crippen LogP contribution in [-0.2, 0) is 0 Å². The topological polar surface area (TPSA) is 58.6 Å². The normalized spacial score (nSPS) is 15.2. The molecule has 1 heterocycles. The van der Waals surface area contributed by atoms with Crippen molar-refractivity contribution in [3.8, 4) is 5.75 Å². The van der Waals surface area contributed by atoms with Crippen molar-refractivity contribution in [3.63, 3.8) is 0 Å². The van der Waals surface area contributed by atoms with Crippen molar-refractivity contribution < 1.29 is 14.3 Å². The number of nitrogens with one attached hydrogen (secondary N) is 1. The molecular formula is C24H22N2O3. The summed E-state index contributed by atoms with van der Waals surface area (Å²) in [5.74, 6) is 0.698. The predicted octanol–water partition coefficient (Wildman–Crippen LogP) is 5.06. The van der Waals surface area contributed by atoms with Gasteiger partial charge in [-0.3, -0.25) is 14.5 Å². The number of carbonyl (C=O) groups is 2. The van der Waals surface area contributed by atoms with Crippen molar-refractivity contribution in [2.45, 2.75) is 20.0 Å². The molecule has 0 fully saturated rings. The molecule has 5 nitrogen and oxygen atoms in total. The Bertz CT molecular complexity index is 1060. The van der Waals surface area contributed by atoms with Gasteiger partial charge in [-0.15, -0.1) is 0 Å². The van der Waals surface area contributed by atoms with Gasteiger partial charge in [0.25, 0.3) is 5.91 Å². The maximum Gasteiger partial charge on any atom is 0.260 e. The molecule has 146 valence electrons. The molecule has 0 saturated heterocycles. The third-order valence-electron chi connectivity index (χ3n) is 4.96. The van der Waals surface area contributed by atoms with Crippen molar-refractivity contribution in [3.05, 3.63) is 89.5 Å². The number of nitrogens with zero attached hydrogens (tertiary/aromatic N) is 1. The molecule has 1 unspecified atom stereocenters. The van der Waals surface area contributed by atoms with Gasteiger partial charge in [0.15, 0.2) is 5.78 Å². The number of carbonyl (C=O) groups excluding carboxylic acids is 2. The van der Waals surface area contributed by atoms with E-state index in [1.54, 1.807) is 17.9 Å². The minimum absolute atomic E-state index is 0.0000764. The van der Waals surface area contributed by atoms with E-state index in [1.807, 2.05) is 73.7 Å². The fourth-order valence-corrected chi connectivity index (χ4v) is 3.58. The summed E-state index contributed by atoms with van der Waals surface area (Å²) < 4.78 is 5.52. The van der Waals surface area contributed by atoms with Crippen molar-refractivity contribution in [2.75, 3.05) is 16.8 Å². The number of ether oxygens (including phenoxy) is 1. The Morgan fingerprint density at radius 2 is 1.79 bits per heavy atom. The average molecular weight is 386 g/mol. The zero-order valence-electron chi connectivity index (χ0n) is 16.4. The first kappa shape index (κ1) is 18.7. The number of fused-ring (bicyclic) bond motifs is 1. The number of ketones is 1. The van der Waals surface area contributed by atoms with Crippen LogP contribution in [0.1, 0.15) is 46.3 Å². The van der Waals surface area contributed by atoms with Crippen LogP contribution in [0.3, 0.4) is 0 Å². The van der Waals surface area contributed by atoms with Gasteiger partial charge in [0.1, 0.15) is 11.9 Å². The molecule has 1 amide bonds. The zero-order valence-corrected chi connectivity index (χ0v) is 16.4. The summed E-state index contributed by atoms with van der Waals surface area (Å²) in [6, 6.07) is 22.4. The van der Waals surface area contributed by atoms with E-state index >= 15 is 0 Å². The van der Waals surface area contributed by atoms with E-state index in [2.05, 4.69) is 5.32 Å². The van der Waals surface area contributed by atoms with Gasteiger partial charge in [0, 0.05) is 28.1 Å². The summed E-state index contributed by atoms with van der Waals surface area (Å²) in [6.07, 6.45) is -0.376. The fraction of sp³-hybridized carbons (Fsp3) is 0.167. The molecule has 1 aliphatic heterocycles. The number of anilines is 2. The monoisotopic (exact) mass is 386 g/mol. The van der Waals surface area contributed by atoms with E-state index < -0.39 is 0 Å². The van der Waals surface area contributed by atoms with Crippen LogP contribution >= 0.6 is 0 Å². The number of hydrogen-bond donors (Lipinski definition) is 1. The lowest BCUT2D eigenvalue weighted by molar-refractivity contribution is 0.0989. The minimum atomic E-state index is -0.376. The molecule has 4 rings (SSSR count). The van der Waals surface area contributed by atoms with Gasteiger partial charge < -0.3 is 10.1 Å². The van der Waals surface area contributed by atoms with E-state index in [-0.39, 0.29) is 17.9 Å². The Labute approximate surface area is 169 Å². The quantitative estimate of drug-likeness (QED) is 0.602. The maximum absolute atomic E-state index is 13.2. The molecule has 3 aromatic rings. The Hall–Kier alpha value is -3.60. The molecule has 0 aliphatic carbocycles. The van der Waals surface area contributed by atoms with E-state index in [4.69, 9.17) is 4.74 Å². The largest absolute Gasteiger partial charge is 0.494 e. The lowest BCUT2D eigenvalue weighted by atomic mass is 10.1. The van der Waals surface area contributed by atoms with Gasteiger partial charge in [-0.2, -0.15) is 0 Å². The molecule has 1 N–H and O–H groups in total. The number of amides is 1. The van der Waals surface area contributed by atoms with Crippen LogP contribution in [-0.4, -0.2) is 18.3 Å². The van der Waals surface area contributed by atoms with E-state index in [0.29, 0.717) is 17.7 Å². The Kier molecular flexibility index (Phi) is 5.04. The van der Waals surface area contributed by atoms with Crippen molar-refractivity contribution in [1.29, 1.82) is 0 Å². The summed E-state index contributed by atoms with van der Waals surface area (Å²) >= 11 is 0. The van der Waals surface area contributed by atoms with E-state index in [0.717, 1.165) is 22.7 Å². The molecule has 5 heteroatoms. The second kappa shape index (κ2) is 7.80. The van der Waals surface area contributed by atoms with Gasteiger partial charge >= 0.3 is 0 Å². The third-order valence-corrected chi connectivity index (χ3v) is 4.96. The van der Waals surface area contributed by atoms with Gasteiger partial charge in [-0.1, -0.05) is 30.3 Å². The highest BCUT2D eigenvalue weighted by molar-refractivity contribution is 6.11. The highest BCUT2D eigenvalue weighted by atomic mass is 16.5. The van der Waals surface area contributed by atoms with Gasteiger partial charge in [-0.25, -0.2) is 0 Å². The SMILES string of the molecule is CCOc1ccc(N2C(=O)c3ccccc3C2Nc2cccc(C(C)=O)c2)cc1. The fourth-order valence-electron chi connectivity index (χ4n) is 3.58. The minimum Gasteiger partial charge on any atom is -0.494 e. The third kappa shape index (κ3) is 3.59.